The Bertz CT molecular complexity index is 805. The van der Waals surface area contributed by atoms with Crippen LogP contribution in [0.15, 0.2) is 46.3 Å². The molecular weight excluding hydrogens is 342 g/mol. The molecule has 0 amide bonds. The van der Waals surface area contributed by atoms with E-state index in [1.165, 1.54) is 22.3 Å². The van der Waals surface area contributed by atoms with Gasteiger partial charge in [0.2, 0.25) is 0 Å². The summed E-state index contributed by atoms with van der Waals surface area (Å²) in [4.78, 5) is 4.82. The summed E-state index contributed by atoms with van der Waals surface area (Å²) in [6.45, 7) is 6.46. The Hall–Kier alpha value is -1.45. The summed E-state index contributed by atoms with van der Waals surface area (Å²) in [7, 11) is 0. The summed E-state index contributed by atoms with van der Waals surface area (Å²) in [5.41, 5.74) is 7.38. The molecule has 0 fully saturated rings. The lowest BCUT2D eigenvalue weighted by atomic mass is 9.99. The molecule has 0 N–H and O–H groups in total. The molecule has 0 saturated carbocycles. The van der Waals surface area contributed by atoms with Crippen LogP contribution in [-0.4, -0.2) is 4.98 Å². The van der Waals surface area contributed by atoms with Crippen LogP contribution in [0.1, 0.15) is 16.7 Å². The van der Waals surface area contributed by atoms with E-state index < -0.39 is 0 Å². The van der Waals surface area contributed by atoms with Crippen LogP contribution in [0.2, 0.25) is 0 Å². The molecule has 0 atom stereocenters. The van der Waals surface area contributed by atoms with Crippen LogP contribution in [0, 0.1) is 20.8 Å². The van der Waals surface area contributed by atoms with Crippen molar-refractivity contribution in [1.82, 2.24) is 4.98 Å². The van der Waals surface area contributed by atoms with Gasteiger partial charge in [0.15, 0.2) is 0 Å². The van der Waals surface area contributed by atoms with Gasteiger partial charge >= 0.3 is 0 Å². The monoisotopic (exact) mass is 357 g/mol. The molecular formula is C18H16BrNS. The molecule has 0 aliphatic carbocycles. The number of thiazole rings is 1. The van der Waals surface area contributed by atoms with Gasteiger partial charge < -0.3 is 0 Å². The zero-order valence-corrected chi connectivity index (χ0v) is 14.7. The molecule has 0 unspecified atom stereocenters. The topological polar surface area (TPSA) is 12.9 Å². The first-order chi connectivity index (χ1) is 10.0. The first-order valence-electron chi connectivity index (χ1n) is 6.84. The Balaban J connectivity index is 2.05. The predicted molar refractivity (Wildman–Crippen MR) is 94.9 cm³/mol. The van der Waals surface area contributed by atoms with Crippen molar-refractivity contribution in [2.45, 2.75) is 20.8 Å². The van der Waals surface area contributed by atoms with Crippen molar-refractivity contribution in [3.05, 3.63) is 62.9 Å². The number of hydrogen-bond acceptors (Lipinski definition) is 2. The molecule has 3 rings (SSSR count). The van der Waals surface area contributed by atoms with Gasteiger partial charge in [-0.2, -0.15) is 0 Å². The van der Waals surface area contributed by atoms with Crippen molar-refractivity contribution in [3.63, 3.8) is 0 Å². The first-order valence-corrected chi connectivity index (χ1v) is 8.51. The van der Waals surface area contributed by atoms with Gasteiger partial charge in [-0.3, -0.25) is 0 Å². The van der Waals surface area contributed by atoms with Gasteiger partial charge in [0.1, 0.15) is 5.01 Å². The van der Waals surface area contributed by atoms with Gasteiger partial charge in [-0.1, -0.05) is 34.1 Å². The largest absolute Gasteiger partial charge is 0.236 e. The first kappa shape index (κ1) is 14.5. The molecule has 1 aromatic heterocycles. The van der Waals surface area contributed by atoms with Crippen LogP contribution in [0.3, 0.4) is 0 Å². The Kier molecular flexibility index (Phi) is 3.96. The zero-order valence-electron chi connectivity index (χ0n) is 12.3. The maximum absolute atomic E-state index is 4.82. The molecule has 106 valence electrons. The lowest BCUT2D eigenvalue weighted by Crippen LogP contribution is -1.89. The second-order valence-electron chi connectivity index (χ2n) is 5.30. The van der Waals surface area contributed by atoms with Crippen LogP contribution < -0.4 is 0 Å². The highest BCUT2D eigenvalue weighted by molar-refractivity contribution is 9.10. The fraction of sp³-hybridized carbons (Fsp3) is 0.167. The molecule has 1 nitrogen and oxygen atoms in total. The minimum atomic E-state index is 1.06. The number of hydrogen-bond donors (Lipinski definition) is 0. The van der Waals surface area contributed by atoms with E-state index in [-0.39, 0.29) is 0 Å². The fourth-order valence-electron chi connectivity index (χ4n) is 2.39. The van der Waals surface area contributed by atoms with Gasteiger partial charge in [0.05, 0.1) is 5.69 Å². The average Bonchev–Trinajstić information content (AvgIpc) is 2.92. The van der Waals surface area contributed by atoms with Crippen molar-refractivity contribution >= 4 is 27.3 Å². The molecule has 3 aromatic rings. The standard InChI is InChI=1S/C18H16BrNS/c1-11-7-13(3)16(8-12(11)2)17-10-21-18(20-17)14-5-4-6-15(19)9-14/h4-10H,1-3H3. The Labute approximate surface area is 137 Å². The third kappa shape index (κ3) is 2.94. The molecule has 0 saturated heterocycles. The summed E-state index contributed by atoms with van der Waals surface area (Å²) >= 11 is 5.21. The lowest BCUT2D eigenvalue weighted by molar-refractivity contribution is 1.28. The van der Waals surface area contributed by atoms with Crippen LogP contribution in [0.5, 0.6) is 0 Å². The van der Waals surface area contributed by atoms with Crippen LogP contribution in [-0.2, 0) is 0 Å². The molecule has 0 spiro atoms. The number of aryl methyl sites for hydroxylation is 3. The van der Waals surface area contributed by atoms with Gasteiger partial charge in [0, 0.05) is 21.0 Å². The van der Waals surface area contributed by atoms with Crippen molar-refractivity contribution in [3.8, 4) is 21.8 Å². The third-order valence-corrected chi connectivity index (χ3v) is 5.08. The summed E-state index contributed by atoms with van der Waals surface area (Å²) in [5.74, 6) is 0. The minimum absolute atomic E-state index is 1.06. The maximum atomic E-state index is 4.82. The number of benzene rings is 2. The summed E-state index contributed by atoms with van der Waals surface area (Å²) in [6, 6.07) is 12.8. The predicted octanol–water partition coefficient (Wildman–Crippen LogP) is 6.16. The van der Waals surface area contributed by atoms with Crippen LogP contribution in [0.25, 0.3) is 21.8 Å². The van der Waals surface area contributed by atoms with Gasteiger partial charge in [-0.05, 0) is 55.7 Å². The Morgan fingerprint density at radius 1 is 0.952 bits per heavy atom. The quantitative estimate of drug-likeness (QED) is 0.534. The maximum Gasteiger partial charge on any atom is 0.124 e. The van der Waals surface area contributed by atoms with E-state index in [9.17, 15) is 0 Å². The molecule has 21 heavy (non-hydrogen) atoms. The third-order valence-electron chi connectivity index (χ3n) is 3.69. The molecule has 0 radical (unpaired) electrons. The van der Waals surface area contributed by atoms with Crippen molar-refractivity contribution < 1.29 is 0 Å². The second kappa shape index (κ2) is 5.74. The molecule has 0 bridgehead atoms. The molecule has 3 heteroatoms. The average molecular weight is 358 g/mol. The number of nitrogens with zero attached hydrogens (tertiary/aromatic N) is 1. The number of aromatic nitrogens is 1. The highest BCUT2D eigenvalue weighted by atomic mass is 79.9. The van der Waals surface area contributed by atoms with E-state index in [4.69, 9.17) is 4.98 Å². The number of halogens is 1. The summed E-state index contributed by atoms with van der Waals surface area (Å²) in [5, 5.41) is 3.21. The highest BCUT2D eigenvalue weighted by Gasteiger charge is 2.10. The highest BCUT2D eigenvalue weighted by Crippen LogP contribution is 2.32. The minimum Gasteiger partial charge on any atom is -0.236 e. The van der Waals surface area contributed by atoms with Crippen molar-refractivity contribution in [1.29, 1.82) is 0 Å². The van der Waals surface area contributed by atoms with Gasteiger partial charge in [-0.15, -0.1) is 11.3 Å². The van der Waals surface area contributed by atoms with Gasteiger partial charge in [0.25, 0.3) is 0 Å². The van der Waals surface area contributed by atoms with Gasteiger partial charge in [-0.25, -0.2) is 4.98 Å². The molecule has 1 heterocycles. The van der Waals surface area contributed by atoms with Crippen molar-refractivity contribution in [2.75, 3.05) is 0 Å². The van der Waals surface area contributed by atoms with Crippen LogP contribution >= 0.6 is 27.3 Å². The Morgan fingerprint density at radius 2 is 1.71 bits per heavy atom. The van der Waals surface area contributed by atoms with E-state index in [1.54, 1.807) is 11.3 Å². The van der Waals surface area contributed by atoms with E-state index in [0.29, 0.717) is 0 Å². The summed E-state index contributed by atoms with van der Waals surface area (Å²) < 4.78 is 1.08. The lowest BCUT2D eigenvalue weighted by Gasteiger charge is -2.07. The molecule has 0 aliphatic heterocycles. The van der Waals surface area contributed by atoms with E-state index in [2.05, 4.69) is 66.3 Å². The van der Waals surface area contributed by atoms with Crippen LogP contribution in [0.4, 0.5) is 0 Å². The Morgan fingerprint density at radius 3 is 2.48 bits per heavy atom. The second-order valence-corrected chi connectivity index (χ2v) is 7.07. The normalized spacial score (nSPS) is 10.9. The molecule has 2 aromatic carbocycles. The fourth-order valence-corrected chi connectivity index (χ4v) is 3.60. The SMILES string of the molecule is Cc1cc(C)c(-c2csc(-c3cccc(Br)c3)n2)cc1C. The zero-order chi connectivity index (χ0) is 15.0. The number of rotatable bonds is 2. The summed E-state index contributed by atoms with van der Waals surface area (Å²) in [6.07, 6.45) is 0. The van der Waals surface area contributed by atoms with Crippen molar-refractivity contribution in [2.24, 2.45) is 0 Å². The molecule has 0 aliphatic rings. The van der Waals surface area contributed by atoms with E-state index in [0.717, 1.165) is 20.7 Å². The smallest absolute Gasteiger partial charge is 0.124 e. The van der Waals surface area contributed by atoms with E-state index >= 15 is 0 Å². The van der Waals surface area contributed by atoms with E-state index in [1.807, 2.05) is 12.1 Å².